The summed E-state index contributed by atoms with van der Waals surface area (Å²) in [6.45, 7) is 5.00. The van der Waals surface area contributed by atoms with Crippen molar-refractivity contribution in [2.45, 2.75) is 24.8 Å². The molecule has 1 rings (SSSR count). The molecule has 0 saturated heterocycles. The van der Waals surface area contributed by atoms with Gasteiger partial charge in [0.25, 0.3) is 0 Å². The van der Waals surface area contributed by atoms with Crippen molar-refractivity contribution in [2.75, 3.05) is 20.2 Å². The molecule has 0 unspecified atom stereocenters. The maximum Gasteiger partial charge on any atom is 0.240 e. The zero-order chi connectivity index (χ0) is 13.6. The molecule has 0 amide bonds. The van der Waals surface area contributed by atoms with Crippen molar-refractivity contribution in [1.82, 2.24) is 10.0 Å². The van der Waals surface area contributed by atoms with E-state index in [1.54, 1.807) is 19.2 Å². The van der Waals surface area contributed by atoms with Crippen molar-refractivity contribution >= 4 is 10.0 Å². The number of rotatable bonds is 7. The predicted octanol–water partition coefficient (Wildman–Crippen LogP) is 0.971. The Labute approximate surface area is 109 Å². The molecule has 0 aliphatic heterocycles. The zero-order valence-corrected chi connectivity index (χ0v) is 11.8. The van der Waals surface area contributed by atoms with E-state index in [9.17, 15) is 8.42 Å². The molecule has 6 heteroatoms. The molecule has 0 atom stereocenters. The van der Waals surface area contributed by atoms with Gasteiger partial charge in [0.2, 0.25) is 10.0 Å². The van der Waals surface area contributed by atoms with Crippen LogP contribution in [0.5, 0.6) is 5.75 Å². The van der Waals surface area contributed by atoms with Crippen LogP contribution in [0.1, 0.15) is 13.8 Å². The van der Waals surface area contributed by atoms with Crippen molar-refractivity contribution in [1.29, 1.82) is 0 Å². The quantitative estimate of drug-likeness (QED) is 0.726. The highest BCUT2D eigenvalue weighted by molar-refractivity contribution is 7.89. The highest BCUT2D eigenvalue weighted by atomic mass is 32.2. The van der Waals surface area contributed by atoms with Gasteiger partial charge < -0.3 is 10.1 Å². The van der Waals surface area contributed by atoms with Crippen LogP contribution in [0.15, 0.2) is 29.2 Å². The van der Waals surface area contributed by atoms with E-state index in [-0.39, 0.29) is 4.90 Å². The van der Waals surface area contributed by atoms with Crippen LogP contribution < -0.4 is 14.8 Å². The third-order valence-corrected chi connectivity index (χ3v) is 3.82. The van der Waals surface area contributed by atoms with Crippen molar-refractivity contribution in [3.8, 4) is 5.75 Å². The fourth-order valence-electron chi connectivity index (χ4n) is 1.38. The second-order valence-corrected chi connectivity index (χ2v) is 5.95. The van der Waals surface area contributed by atoms with Crippen LogP contribution in [0, 0.1) is 0 Å². The Kier molecular flexibility index (Phi) is 5.58. The smallest absolute Gasteiger partial charge is 0.240 e. The highest BCUT2D eigenvalue weighted by Crippen LogP contribution is 2.14. The average molecular weight is 272 g/mol. The first-order valence-electron chi connectivity index (χ1n) is 5.83. The molecular weight excluding hydrogens is 252 g/mol. The van der Waals surface area contributed by atoms with E-state index in [1.807, 2.05) is 13.8 Å². The SMILES string of the molecule is COc1ccc(S(=O)(=O)NCCNC(C)C)cc1. The van der Waals surface area contributed by atoms with Gasteiger partial charge in [-0.1, -0.05) is 13.8 Å². The molecule has 1 aromatic rings. The first-order valence-corrected chi connectivity index (χ1v) is 7.31. The average Bonchev–Trinajstić information content (AvgIpc) is 2.34. The summed E-state index contributed by atoms with van der Waals surface area (Å²) in [5, 5.41) is 3.14. The van der Waals surface area contributed by atoms with Gasteiger partial charge in [-0.15, -0.1) is 0 Å². The highest BCUT2D eigenvalue weighted by Gasteiger charge is 2.12. The fourth-order valence-corrected chi connectivity index (χ4v) is 2.42. The minimum atomic E-state index is -3.43. The lowest BCUT2D eigenvalue weighted by molar-refractivity contribution is 0.414. The Morgan fingerprint density at radius 2 is 1.78 bits per heavy atom. The Morgan fingerprint density at radius 3 is 2.28 bits per heavy atom. The summed E-state index contributed by atoms with van der Waals surface area (Å²) in [7, 11) is -1.89. The van der Waals surface area contributed by atoms with E-state index in [4.69, 9.17) is 4.74 Å². The molecule has 0 fully saturated rings. The Bertz CT molecular complexity index is 455. The maximum absolute atomic E-state index is 11.9. The molecule has 0 aromatic heterocycles. The van der Waals surface area contributed by atoms with Gasteiger partial charge in [0.05, 0.1) is 12.0 Å². The monoisotopic (exact) mass is 272 g/mol. The second kappa shape index (κ2) is 6.72. The van der Waals surface area contributed by atoms with Crippen LogP contribution in [0.3, 0.4) is 0 Å². The normalized spacial score (nSPS) is 11.8. The molecule has 2 N–H and O–H groups in total. The van der Waals surface area contributed by atoms with Crippen molar-refractivity contribution in [2.24, 2.45) is 0 Å². The predicted molar refractivity (Wildman–Crippen MR) is 71.3 cm³/mol. The lowest BCUT2D eigenvalue weighted by Crippen LogP contribution is -2.34. The fraction of sp³-hybridized carbons (Fsp3) is 0.500. The van der Waals surface area contributed by atoms with Crippen molar-refractivity contribution in [3.05, 3.63) is 24.3 Å². The zero-order valence-electron chi connectivity index (χ0n) is 10.9. The largest absolute Gasteiger partial charge is 0.497 e. The molecule has 0 radical (unpaired) electrons. The maximum atomic E-state index is 11.9. The molecule has 0 aliphatic rings. The molecule has 0 heterocycles. The van der Waals surface area contributed by atoms with E-state index in [1.165, 1.54) is 12.1 Å². The number of benzene rings is 1. The lowest BCUT2D eigenvalue weighted by atomic mass is 10.3. The van der Waals surface area contributed by atoms with E-state index in [2.05, 4.69) is 10.0 Å². The molecular formula is C12H20N2O3S. The van der Waals surface area contributed by atoms with Gasteiger partial charge in [-0.2, -0.15) is 0 Å². The molecule has 1 aromatic carbocycles. The number of ether oxygens (including phenoxy) is 1. The second-order valence-electron chi connectivity index (χ2n) is 4.18. The Hall–Kier alpha value is -1.11. The van der Waals surface area contributed by atoms with Gasteiger partial charge in [0.15, 0.2) is 0 Å². The number of methoxy groups -OCH3 is 1. The minimum Gasteiger partial charge on any atom is -0.497 e. The van der Waals surface area contributed by atoms with Gasteiger partial charge in [0, 0.05) is 19.1 Å². The first-order chi connectivity index (χ1) is 8.45. The molecule has 0 spiro atoms. The minimum absolute atomic E-state index is 0.243. The third-order valence-electron chi connectivity index (χ3n) is 2.34. The van der Waals surface area contributed by atoms with Gasteiger partial charge in [-0.05, 0) is 24.3 Å². The van der Waals surface area contributed by atoms with Crippen LogP contribution >= 0.6 is 0 Å². The van der Waals surface area contributed by atoms with E-state index >= 15 is 0 Å². The number of hydrogen-bond donors (Lipinski definition) is 2. The molecule has 18 heavy (non-hydrogen) atoms. The Balaban J connectivity index is 2.57. The van der Waals surface area contributed by atoms with E-state index in [0.717, 1.165) is 0 Å². The van der Waals surface area contributed by atoms with Crippen molar-refractivity contribution < 1.29 is 13.2 Å². The Morgan fingerprint density at radius 1 is 1.17 bits per heavy atom. The van der Waals surface area contributed by atoms with E-state index < -0.39 is 10.0 Å². The number of sulfonamides is 1. The standard InChI is InChI=1S/C12H20N2O3S/c1-10(2)13-8-9-14-18(15,16)12-6-4-11(17-3)5-7-12/h4-7,10,13-14H,8-9H2,1-3H3. The van der Waals surface area contributed by atoms with Gasteiger partial charge in [-0.3, -0.25) is 0 Å². The summed E-state index contributed by atoms with van der Waals surface area (Å²) in [5.74, 6) is 0.635. The van der Waals surface area contributed by atoms with Crippen LogP contribution in [0.25, 0.3) is 0 Å². The summed E-state index contributed by atoms with van der Waals surface area (Å²) < 4.78 is 31.3. The molecule has 102 valence electrons. The lowest BCUT2D eigenvalue weighted by Gasteiger charge is -2.10. The van der Waals surface area contributed by atoms with Gasteiger partial charge in [-0.25, -0.2) is 13.1 Å². The first kappa shape index (κ1) is 14.9. The van der Waals surface area contributed by atoms with Crippen LogP contribution in [0.4, 0.5) is 0 Å². The summed E-state index contributed by atoms with van der Waals surface area (Å²) in [6.07, 6.45) is 0. The van der Waals surface area contributed by atoms with Crippen molar-refractivity contribution in [3.63, 3.8) is 0 Å². The third kappa shape index (κ3) is 4.64. The summed E-state index contributed by atoms with van der Waals surface area (Å²) in [5.41, 5.74) is 0. The molecule has 0 saturated carbocycles. The molecule has 0 bridgehead atoms. The number of hydrogen-bond acceptors (Lipinski definition) is 4. The van der Waals surface area contributed by atoms with Crippen LogP contribution in [-0.2, 0) is 10.0 Å². The topological polar surface area (TPSA) is 67.4 Å². The van der Waals surface area contributed by atoms with E-state index in [0.29, 0.717) is 24.9 Å². The number of nitrogens with one attached hydrogen (secondary N) is 2. The summed E-state index contributed by atoms with van der Waals surface area (Å²) in [4.78, 5) is 0.243. The molecule has 0 aliphatic carbocycles. The van der Waals surface area contributed by atoms with Gasteiger partial charge in [0.1, 0.15) is 5.75 Å². The summed E-state index contributed by atoms with van der Waals surface area (Å²) >= 11 is 0. The van der Waals surface area contributed by atoms with Crippen LogP contribution in [0.2, 0.25) is 0 Å². The van der Waals surface area contributed by atoms with Gasteiger partial charge >= 0.3 is 0 Å². The molecule has 5 nitrogen and oxygen atoms in total. The summed E-state index contributed by atoms with van der Waals surface area (Å²) in [6, 6.07) is 6.64. The van der Waals surface area contributed by atoms with Crippen LogP contribution in [-0.4, -0.2) is 34.7 Å².